The molecule has 0 N–H and O–H groups in total. The predicted molar refractivity (Wildman–Crippen MR) is 102 cm³/mol. The molecule has 7 heteroatoms. The molecular formula is C20H26N4O2S. The number of nitrogens with zero attached hydrogens (tertiary/aromatic N) is 4. The monoisotopic (exact) mass is 386 g/mol. The Labute approximate surface area is 163 Å². The molecule has 3 saturated heterocycles. The molecule has 6 rings (SSSR count). The standard InChI is InChI=1S/C20H26N4O2S/c1-13-10-24(11-16-3-2-4-25-16)19(27-13)23-18(22-12-21)20-8-14-5-15(9-20)7-17(6-14)26-20/h10,14-17H,2-9,11H2,1H3/b22-18-,23-19-/t14?,15?,16-,17?,20?/m1/s1. The summed E-state index contributed by atoms with van der Waals surface area (Å²) in [5.74, 6) is 1.98. The molecule has 144 valence electrons. The van der Waals surface area contributed by atoms with E-state index in [1.165, 1.54) is 11.3 Å². The minimum Gasteiger partial charge on any atom is -0.376 e. The molecule has 2 saturated carbocycles. The molecule has 2 unspecified atom stereocenters. The Kier molecular flexibility index (Phi) is 4.46. The Morgan fingerprint density at radius 1 is 1.37 bits per heavy atom. The Balaban J connectivity index is 1.50. The molecule has 5 aliphatic rings. The Hall–Kier alpha value is -1.49. The number of aryl methyl sites for hydroxylation is 1. The molecular weight excluding hydrogens is 360 g/mol. The third-order valence-electron chi connectivity index (χ3n) is 6.51. The van der Waals surface area contributed by atoms with Crippen molar-refractivity contribution in [2.75, 3.05) is 6.61 Å². The predicted octanol–water partition coefficient (Wildman–Crippen LogP) is 3.17. The maximum Gasteiger partial charge on any atom is 0.207 e. The number of hydrogen-bond acceptors (Lipinski definition) is 5. The van der Waals surface area contributed by atoms with Crippen molar-refractivity contribution in [3.63, 3.8) is 0 Å². The molecule has 0 amide bonds. The average Bonchev–Trinajstić information content (AvgIpc) is 3.23. The van der Waals surface area contributed by atoms with E-state index >= 15 is 0 Å². The van der Waals surface area contributed by atoms with Crippen LogP contribution in [-0.2, 0) is 16.0 Å². The molecule has 27 heavy (non-hydrogen) atoms. The highest BCUT2D eigenvalue weighted by Gasteiger charge is 2.55. The van der Waals surface area contributed by atoms with E-state index in [1.807, 2.05) is 6.19 Å². The lowest BCUT2D eigenvalue weighted by atomic mass is 9.62. The average molecular weight is 387 g/mol. The van der Waals surface area contributed by atoms with Crippen molar-refractivity contribution in [2.45, 2.75) is 76.2 Å². The molecule has 0 spiro atoms. The second-order valence-corrected chi connectivity index (χ2v) is 9.85. The summed E-state index contributed by atoms with van der Waals surface area (Å²) in [6.45, 7) is 3.76. The van der Waals surface area contributed by atoms with Crippen LogP contribution in [0, 0.1) is 30.2 Å². The van der Waals surface area contributed by atoms with Gasteiger partial charge < -0.3 is 14.0 Å². The van der Waals surface area contributed by atoms with E-state index in [2.05, 4.69) is 22.7 Å². The number of amidine groups is 1. The summed E-state index contributed by atoms with van der Waals surface area (Å²) in [7, 11) is 0. The van der Waals surface area contributed by atoms with Gasteiger partial charge in [0.15, 0.2) is 10.6 Å². The first-order chi connectivity index (χ1) is 13.1. The number of hydrogen-bond donors (Lipinski definition) is 0. The molecule has 3 aliphatic heterocycles. The van der Waals surface area contributed by atoms with Crippen LogP contribution in [0.15, 0.2) is 16.2 Å². The van der Waals surface area contributed by atoms with Crippen LogP contribution in [0.1, 0.15) is 49.8 Å². The van der Waals surface area contributed by atoms with E-state index < -0.39 is 5.60 Å². The van der Waals surface area contributed by atoms with Gasteiger partial charge in [0.2, 0.25) is 6.19 Å². The fourth-order valence-electron chi connectivity index (χ4n) is 5.70. The van der Waals surface area contributed by atoms with Crippen LogP contribution in [0.4, 0.5) is 0 Å². The topological polar surface area (TPSA) is 71.9 Å². The highest BCUT2D eigenvalue weighted by atomic mass is 32.1. The molecule has 4 heterocycles. The van der Waals surface area contributed by atoms with Crippen molar-refractivity contribution in [2.24, 2.45) is 21.8 Å². The summed E-state index contributed by atoms with van der Waals surface area (Å²) < 4.78 is 14.5. The van der Waals surface area contributed by atoms with Gasteiger partial charge in [-0.2, -0.15) is 10.3 Å². The van der Waals surface area contributed by atoms with E-state index in [4.69, 9.17) is 14.5 Å². The van der Waals surface area contributed by atoms with Crippen LogP contribution in [0.25, 0.3) is 0 Å². The summed E-state index contributed by atoms with van der Waals surface area (Å²) in [4.78, 5) is 11.2. The van der Waals surface area contributed by atoms with Gasteiger partial charge in [-0.05, 0) is 63.7 Å². The Morgan fingerprint density at radius 3 is 2.85 bits per heavy atom. The third-order valence-corrected chi connectivity index (χ3v) is 7.45. The van der Waals surface area contributed by atoms with Crippen molar-refractivity contribution in [1.29, 1.82) is 5.26 Å². The second kappa shape index (κ2) is 6.84. The van der Waals surface area contributed by atoms with E-state index in [0.29, 0.717) is 23.8 Å². The van der Waals surface area contributed by atoms with Gasteiger partial charge in [-0.3, -0.25) is 0 Å². The molecule has 3 atom stereocenters. The minimum absolute atomic E-state index is 0.255. The molecule has 0 radical (unpaired) electrons. The zero-order valence-corrected chi connectivity index (χ0v) is 16.6. The SMILES string of the molecule is Cc1cn(C[C@H]2CCCO2)/c(=N/C(=N\C#N)C23CC4CC(CC(C4)O2)C3)s1. The van der Waals surface area contributed by atoms with Crippen molar-refractivity contribution in [3.8, 4) is 6.19 Å². The zero-order valence-electron chi connectivity index (χ0n) is 15.8. The van der Waals surface area contributed by atoms with Gasteiger partial charge in [0.1, 0.15) is 5.60 Å². The van der Waals surface area contributed by atoms with Gasteiger partial charge in [-0.25, -0.2) is 4.99 Å². The summed E-state index contributed by atoms with van der Waals surface area (Å²) in [6.07, 6.45) is 12.5. The normalized spacial score (nSPS) is 38.5. The van der Waals surface area contributed by atoms with E-state index in [0.717, 1.165) is 56.5 Å². The highest BCUT2D eigenvalue weighted by Crippen LogP contribution is 2.53. The second-order valence-electron chi connectivity index (χ2n) is 8.64. The van der Waals surface area contributed by atoms with Crippen LogP contribution in [0.2, 0.25) is 0 Å². The van der Waals surface area contributed by atoms with Crippen LogP contribution >= 0.6 is 11.3 Å². The lowest BCUT2D eigenvalue weighted by Gasteiger charge is -2.55. The number of aliphatic imine (C=N–C) groups is 1. The van der Waals surface area contributed by atoms with Crippen molar-refractivity contribution in [1.82, 2.24) is 4.57 Å². The summed E-state index contributed by atoms with van der Waals surface area (Å²) in [5.41, 5.74) is -0.454. The fraction of sp³-hybridized carbons (Fsp3) is 0.750. The molecule has 1 aromatic rings. The number of ether oxygens (including phenoxy) is 2. The molecule has 1 aromatic heterocycles. The van der Waals surface area contributed by atoms with Crippen LogP contribution < -0.4 is 4.80 Å². The molecule has 4 bridgehead atoms. The fourth-order valence-corrected chi connectivity index (χ4v) is 6.54. The van der Waals surface area contributed by atoms with Gasteiger partial charge in [0.05, 0.1) is 18.8 Å². The summed E-state index contributed by atoms with van der Waals surface area (Å²) in [5, 5.41) is 9.34. The Morgan fingerprint density at radius 2 is 2.19 bits per heavy atom. The van der Waals surface area contributed by atoms with E-state index in [9.17, 15) is 5.26 Å². The molecule has 0 aromatic carbocycles. The maximum absolute atomic E-state index is 9.34. The van der Waals surface area contributed by atoms with Crippen molar-refractivity contribution >= 4 is 17.2 Å². The number of rotatable bonds is 3. The van der Waals surface area contributed by atoms with Gasteiger partial charge in [0, 0.05) is 17.7 Å². The quantitative estimate of drug-likeness (QED) is 0.455. The highest BCUT2D eigenvalue weighted by molar-refractivity contribution is 7.09. The molecule has 5 fully saturated rings. The summed E-state index contributed by atoms with van der Waals surface area (Å²) in [6, 6.07) is 0. The lowest BCUT2D eigenvalue weighted by molar-refractivity contribution is -0.186. The van der Waals surface area contributed by atoms with Gasteiger partial charge in [-0.1, -0.05) is 0 Å². The van der Waals surface area contributed by atoms with Crippen molar-refractivity contribution < 1.29 is 9.47 Å². The first-order valence-corrected chi connectivity index (χ1v) is 10.9. The summed E-state index contributed by atoms with van der Waals surface area (Å²) >= 11 is 1.65. The lowest BCUT2D eigenvalue weighted by Crippen LogP contribution is -2.58. The van der Waals surface area contributed by atoms with Gasteiger partial charge in [0.25, 0.3) is 0 Å². The third kappa shape index (κ3) is 3.28. The number of nitriles is 1. The number of aromatic nitrogens is 1. The smallest absolute Gasteiger partial charge is 0.207 e. The zero-order chi connectivity index (χ0) is 18.4. The number of thiazole rings is 1. The van der Waals surface area contributed by atoms with Crippen LogP contribution in [0.3, 0.4) is 0 Å². The van der Waals surface area contributed by atoms with Crippen LogP contribution in [0.5, 0.6) is 0 Å². The Bertz CT molecular complexity index is 821. The largest absolute Gasteiger partial charge is 0.376 e. The minimum atomic E-state index is -0.454. The van der Waals surface area contributed by atoms with Gasteiger partial charge in [-0.15, -0.1) is 11.3 Å². The first kappa shape index (κ1) is 17.6. The van der Waals surface area contributed by atoms with Gasteiger partial charge >= 0.3 is 0 Å². The molecule has 2 aliphatic carbocycles. The van der Waals surface area contributed by atoms with Crippen molar-refractivity contribution in [3.05, 3.63) is 15.9 Å². The van der Waals surface area contributed by atoms with E-state index in [-0.39, 0.29) is 6.10 Å². The maximum atomic E-state index is 9.34. The molecule has 6 nitrogen and oxygen atoms in total. The van der Waals surface area contributed by atoms with Crippen LogP contribution in [-0.4, -0.2) is 34.8 Å². The first-order valence-electron chi connectivity index (χ1n) is 10.1. The van der Waals surface area contributed by atoms with E-state index in [1.54, 1.807) is 11.3 Å².